The zero-order valence-corrected chi connectivity index (χ0v) is 17.3. The number of rotatable bonds is 3. The minimum absolute atomic E-state index is 0.171. The zero-order chi connectivity index (χ0) is 19.9. The normalized spacial score (nSPS) is 22.8. The number of piperazine rings is 1. The predicted octanol–water partition coefficient (Wildman–Crippen LogP) is 1.64. The number of sulfonamides is 1. The van der Waals surface area contributed by atoms with E-state index in [0.29, 0.717) is 31.9 Å². The van der Waals surface area contributed by atoms with Gasteiger partial charge in [-0.1, -0.05) is 11.6 Å². The van der Waals surface area contributed by atoms with Gasteiger partial charge in [-0.15, -0.1) is 0 Å². The van der Waals surface area contributed by atoms with Crippen molar-refractivity contribution in [3.05, 3.63) is 35.6 Å². The Labute approximate surface area is 169 Å². The molecule has 0 bridgehead atoms. The zero-order valence-electron chi connectivity index (χ0n) is 15.7. The number of nitrogens with zero attached hydrogens (tertiary/aromatic N) is 5. The molecular formula is C18H22ClN5O3S. The maximum atomic E-state index is 13.0. The van der Waals surface area contributed by atoms with Crippen LogP contribution < -0.4 is 4.74 Å². The van der Waals surface area contributed by atoms with Gasteiger partial charge in [-0.3, -0.25) is 4.99 Å². The van der Waals surface area contributed by atoms with Crippen LogP contribution in [0.15, 0.2) is 45.5 Å². The third-order valence-corrected chi connectivity index (χ3v) is 7.21. The number of hydrogen-bond donors (Lipinski definition) is 0. The Balaban J connectivity index is 1.48. The summed E-state index contributed by atoms with van der Waals surface area (Å²) in [5.74, 6) is 2.13. The number of fused-ring (bicyclic) bond motifs is 1. The first-order valence-corrected chi connectivity index (χ1v) is 10.9. The standard InChI is InChI=1S/C18H22ClN5O3S/c1-13-12-23-6-5-20-17(18(23)21-13)22-7-9-24(10-8-22)28(25,26)14-3-4-16(27-2)15(19)11-14/h3-6,11,13H,7-10,12H2,1-2H3/t13-/m0/s1. The molecule has 0 aromatic heterocycles. The van der Waals surface area contributed by atoms with Crippen molar-refractivity contribution in [1.82, 2.24) is 14.1 Å². The van der Waals surface area contributed by atoms with E-state index in [1.807, 2.05) is 6.20 Å². The number of halogens is 1. The summed E-state index contributed by atoms with van der Waals surface area (Å²) in [6, 6.07) is 4.76. The highest BCUT2D eigenvalue weighted by atomic mass is 35.5. The van der Waals surface area contributed by atoms with Gasteiger partial charge in [0.05, 0.1) is 23.1 Å². The van der Waals surface area contributed by atoms with E-state index in [9.17, 15) is 8.42 Å². The highest BCUT2D eigenvalue weighted by Gasteiger charge is 2.34. The van der Waals surface area contributed by atoms with Gasteiger partial charge in [-0.25, -0.2) is 13.4 Å². The van der Waals surface area contributed by atoms with Gasteiger partial charge >= 0.3 is 0 Å². The lowest BCUT2D eigenvalue weighted by atomic mass is 10.3. The van der Waals surface area contributed by atoms with Gasteiger partial charge < -0.3 is 14.5 Å². The summed E-state index contributed by atoms with van der Waals surface area (Å²) >= 11 is 6.11. The van der Waals surface area contributed by atoms with Crippen molar-refractivity contribution in [1.29, 1.82) is 0 Å². The number of hydrogen-bond acceptors (Lipinski definition) is 7. The molecule has 1 saturated heterocycles. The molecule has 1 atom stereocenters. The molecule has 3 heterocycles. The van der Waals surface area contributed by atoms with Gasteiger partial charge in [-0.2, -0.15) is 4.31 Å². The van der Waals surface area contributed by atoms with Crippen molar-refractivity contribution in [2.45, 2.75) is 17.9 Å². The average molecular weight is 424 g/mol. The van der Waals surface area contributed by atoms with Crippen molar-refractivity contribution in [3.8, 4) is 5.75 Å². The van der Waals surface area contributed by atoms with Crippen LogP contribution in [-0.2, 0) is 10.0 Å². The molecule has 3 aliphatic heterocycles. The summed E-state index contributed by atoms with van der Waals surface area (Å²) in [7, 11) is -2.12. The molecule has 0 radical (unpaired) electrons. The predicted molar refractivity (Wildman–Crippen MR) is 109 cm³/mol. The lowest BCUT2D eigenvalue weighted by Gasteiger charge is -2.37. The summed E-state index contributed by atoms with van der Waals surface area (Å²) in [5.41, 5.74) is 0. The monoisotopic (exact) mass is 423 g/mol. The molecule has 0 amide bonds. The third kappa shape index (κ3) is 3.38. The van der Waals surface area contributed by atoms with E-state index >= 15 is 0 Å². The number of methoxy groups -OCH3 is 1. The lowest BCUT2D eigenvalue weighted by molar-refractivity contribution is 0.267. The fourth-order valence-corrected chi connectivity index (χ4v) is 5.35. The number of amidine groups is 2. The molecule has 0 saturated carbocycles. The average Bonchev–Trinajstić information content (AvgIpc) is 3.08. The Kier molecular flexibility index (Phi) is 5.07. The summed E-state index contributed by atoms with van der Waals surface area (Å²) < 4.78 is 32.5. The van der Waals surface area contributed by atoms with Crippen LogP contribution in [0.5, 0.6) is 5.75 Å². The fourth-order valence-electron chi connectivity index (χ4n) is 3.57. The SMILES string of the molecule is COc1ccc(S(=O)(=O)N2CCN(C3=NC=CN4C[C@H](C)N=C34)CC2)cc1Cl. The second kappa shape index (κ2) is 7.38. The van der Waals surface area contributed by atoms with Crippen molar-refractivity contribution in [2.75, 3.05) is 39.8 Å². The quantitative estimate of drug-likeness (QED) is 0.738. The van der Waals surface area contributed by atoms with Crippen molar-refractivity contribution < 1.29 is 13.2 Å². The molecule has 1 fully saturated rings. The molecule has 0 N–H and O–H groups in total. The van der Waals surface area contributed by atoms with Crippen LogP contribution in [0.25, 0.3) is 0 Å². The second-order valence-electron chi connectivity index (χ2n) is 6.89. The van der Waals surface area contributed by atoms with Crippen LogP contribution in [0.2, 0.25) is 5.02 Å². The van der Waals surface area contributed by atoms with Gasteiger partial charge in [0.15, 0.2) is 11.7 Å². The molecule has 8 nitrogen and oxygen atoms in total. The molecule has 0 spiro atoms. The highest BCUT2D eigenvalue weighted by Crippen LogP contribution is 2.29. The van der Waals surface area contributed by atoms with Crippen LogP contribution in [-0.4, -0.2) is 80.1 Å². The van der Waals surface area contributed by atoms with E-state index in [-0.39, 0.29) is 16.0 Å². The molecule has 1 aromatic rings. The molecule has 150 valence electrons. The highest BCUT2D eigenvalue weighted by molar-refractivity contribution is 7.89. The molecule has 1 aromatic carbocycles. The van der Waals surface area contributed by atoms with E-state index in [1.165, 1.54) is 23.5 Å². The fraction of sp³-hybridized carbons (Fsp3) is 0.444. The van der Waals surface area contributed by atoms with E-state index in [4.69, 9.17) is 16.3 Å². The summed E-state index contributed by atoms with van der Waals surface area (Å²) in [6.45, 7) is 4.77. The molecular weight excluding hydrogens is 402 g/mol. The minimum Gasteiger partial charge on any atom is -0.495 e. The van der Waals surface area contributed by atoms with Gasteiger partial charge in [0.25, 0.3) is 0 Å². The topological polar surface area (TPSA) is 77.8 Å². The Morgan fingerprint density at radius 1 is 1.18 bits per heavy atom. The third-order valence-electron chi connectivity index (χ3n) is 5.02. The first kappa shape index (κ1) is 19.2. The lowest BCUT2D eigenvalue weighted by Crippen LogP contribution is -2.53. The molecule has 10 heteroatoms. The number of ether oxygens (including phenoxy) is 1. The molecule has 3 aliphatic rings. The van der Waals surface area contributed by atoms with Crippen LogP contribution in [0.1, 0.15) is 6.92 Å². The largest absolute Gasteiger partial charge is 0.495 e. The summed E-state index contributed by atoms with van der Waals surface area (Å²) in [4.78, 5) is 13.5. The number of benzene rings is 1. The van der Waals surface area contributed by atoms with Crippen LogP contribution in [0.4, 0.5) is 0 Å². The Morgan fingerprint density at radius 2 is 1.93 bits per heavy atom. The van der Waals surface area contributed by atoms with Crippen molar-refractivity contribution in [3.63, 3.8) is 0 Å². The molecule has 4 rings (SSSR count). The van der Waals surface area contributed by atoms with Crippen LogP contribution >= 0.6 is 11.6 Å². The Morgan fingerprint density at radius 3 is 2.61 bits per heavy atom. The maximum Gasteiger partial charge on any atom is 0.243 e. The maximum absolute atomic E-state index is 13.0. The van der Waals surface area contributed by atoms with E-state index < -0.39 is 10.0 Å². The smallest absolute Gasteiger partial charge is 0.243 e. The summed E-state index contributed by atoms with van der Waals surface area (Å²) in [6.07, 6.45) is 3.70. The van der Waals surface area contributed by atoms with Crippen LogP contribution in [0, 0.1) is 0 Å². The van der Waals surface area contributed by atoms with Gasteiger partial charge in [0.1, 0.15) is 5.75 Å². The molecule has 28 heavy (non-hydrogen) atoms. The van der Waals surface area contributed by atoms with Gasteiger partial charge in [0, 0.05) is 45.1 Å². The molecule has 0 aliphatic carbocycles. The first-order chi connectivity index (χ1) is 13.4. The van der Waals surface area contributed by atoms with Gasteiger partial charge in [0.2, 0.25) is 10.0 Å². The minimum atomic E-state index is -3.62. The first-order valence-electron chi connectivity index (χ1n) is 9.08. The van der Waals surface area contributed by atoms with Crippen LogP contribution in [0.3, 0.4) is 0 Å². The number of aliphatic imine (C=N–C) groups is 2. The van der Waals surface area contributed by atoms with Crippen molar-refractivity contribution in [2.24, 2.45) is 9.98 Å². The van der Waals surface area contributed by atoms with E-state index in [0.717, 1.165) is 18.2 Å². The second-order valence-corrected chi connectivity index (χ2v) is 9.24. The van der Waals surface area contributed by atoms with E-state index in [2.05, 4.69) is 26.7 Å². The molecule has 0 unspecified atom stereocenters. The summed E-state index contributed by atoms with van der Waals surface area (Å²) in [5, 5.41) is 0.277. The Bertz CT molecular complexity index is 967. The van der Waals surface area contributed by atoms with E-state index in [1.54, 1.807) is 12.3 Å². The van der Waals surface area contributed by atoms with Crippen molar-refractivity contribution >= 4 is 33.3 Å². The Hall–Kier alpha value is -2.10. The van der Waals surface area contributed by atoms with Gasteiger partial charge in [-0.05, 0) is 25.1 Å².